The van der Waals surface area contributed by atoms with Crippen LogP contribution in [0.2, 0.25) is 0 Å². The quantitative estimate of drug-likeness (QED) is 0.772. The van der Waals surface area contributed by atoms with Crippen LogP contribution in [0.1, 0.15) is 47.0 Å². The smallest absolute Gasteiger partial charge is 0.239 e. The molecular formula is C13H26N2O. The van der Waals surface area contributed by atoms with Crippen molar-refractivity contribution in [2.24, 2.45) is 11.8 Å². The van der Waals surface area contributed by atoms with Gasteiger partial charge in [-0.15, -0.1) is 0 Å². The topological polar surface area (TPSA) is 41.1 Å². The Balaban J connectivity index is 2.56. The zero-order chi connectivity index (χ0) is 12.3. The van der Waals surface area contributed by atoms with E-state index >= 15 is 0 Å². The SMILES string of the molecule is CNC(C)(C)C(=O)NC1CCCC(C)C1C. The lowest BCUT2D eigenvalue weighted by molar-refractivity contribution is -0.127. The lowest BCUT2D eigenvalue weighted by Gasteiger charge is -2.36. The van der Waals surface area contributed by atoms with Crippen molar-refractivity contribution in [3.8, 4) is 0 Å². The van der Waals surface area contributed by atoms with Gasteiger partial charge in [0, 0.05) is 6.04 Å². The maximum Gasteiger partial charge on any atom is 0.239 e. The Kier molecular flexibility index (Phi) is 4.36. The van der Waals surface area contributed by atoms with Gasteiger partial charge in [0.25, 0.3) is 0 Å². The molecule has 0 aromatic rings. The van der Waals surface area contributed by atoms with Crippen LogP contribution in [-0.4, -0.2) is 24.5 Å². The van der Waals surface area contributed by atoms with Crippen LogP contribution in [0.4, 0.5) is 0 Å². The molecule has 1 fully saturated rings. The predicted octanol–water partition coefficient (Wildman–Crippen LogP) is 1.93. The van der Waals surface area contributed by atoms with E-state index in [0.29, 0.717) is 12.0 Å². The molecule has 1 aliphatic rings. The second kappa shape index (κ2) is 5.17. The highest BCUT2D eigenvalue weighted by Crippen LogP contribution is 2.29. The Morgan fingerprint density at radius 2 is 1.88 bits per heavy atom. The van der Waals surface area contributed by atoms with Gasteiger partial charge in [-0.25, -0.2) is 0 Å². The highest BCUT2D eigenvalue weighted by atomic mass is 16.2. The summed E-state index contributed by atoms with van der Waals surface area (Å²) in [5.41, 5.74) is -0.472. The molecule has 1 aliphatic carbocycles. The maximum absolute atomic E-state index is 12.0. The molecule has 1 saturated carbocycles. The molecule has 3 atom stereocenters. The molecule has 94 valence electrons. The van der Waals surface area contributed by atoms with Gasteiger partial charge >= 0.3 is 0 Å². The van der Waals surface area contributed by atoms with Crippen molar-refractivity contribution in [2.45, 2.75) is 58.5 Å². The number of amides is 1. The largest absolute Gasteiger partial charge is 0.352 e. The van der Waals surface area contributed by atoms with E-state index < -0.39 is 5.54 Å². The number of nitrogens with one attached hydrogen (secondary N) is 2. The van der Waals surface area contributed by atoms with Crippen LogP contribution in [0.5, 0.6) is 0 Å². The van der Waals surface area contributed by atoms with Crippen molar-refractivity contribution < 1.29 is 4.79 Å². The van der Waals surface area contributed by atoms with Crippen molar-refractivity contribution in [1.29, 1.82) is 0 Å². The van der Waals surface area contributed by atoms with E-state index in [2.05, 4.69) is 24.5 Å². The van der Waals surface area contributed by atoms with Crippen LogP contribution in [0, 0.1) is 11.8 Å². The van der Waals surface area contributed by atoms with Gasteiger partial charge in [0.05, 0.1) is 5.54 Å². The zero-order valence-corrected chi connectivity index (χ0v) is 11.3. The first-order valence-electron chi connectivity index (χ1n) is 6.38. The van der Waals surface area contributed by atoms with Gasteiger partial charge in [-0.1, -0.05) is 26.7 Å². The van der Waals surface area contributed by atoms with Gasteiger partial charge in [0.1, 0.15) is 0 Å². The molecular weight excluding hydrogens is 200 g/mol. The number of carbonyl (C=O) groups excluding carboxylic acids is 1. The minimum absolute atomic E-state index is 0.112. The van der Waals surface area contributed by atoms with Gasteiger partial charge in [0.2, 0.25) is 5.91 Å². The number of rotatable bonds is 3. The first-order valence-corrected chi connectivity index (χ1v) is 6.38. The van der Waals surface area contributed by atoms with E-state index in [1.807, 2.05) is 20.9 Å². The van der Waals surface area contributed by atoms with Crippen LogP contribution in [-0.2, 0) is 4.79 Å². The third-order valence-electron chi connectivity index (χ3n) is 4.22. The van der Waals surface area contributed by atoms with E-state index in [9.17, 15) is 4.79 Å². The molecule has 2 N–H and O–H groups in total. The Morgan fingerprint density at radius 3 is 2.44 bits per heavy atom. The number of hydrogen-bond donors (Lipinski definition) is 2. The van der Waals surface area contributed by atoms with Gasteiger partial charge in [0.15, 0.2) is 0 Å². The predicted molar refractivity (Wildman–Crippen MR) is 67.2 cm³/mol. The lowest BCUT2D eigenvalue weighted by Crippen LogP contribution is -2.55. The molecule has 3 nitrogen and oxygen atoms in total. The number of carbonyl (C=O) groups is 1. The third kappa shape index (κ3) is 2.97. The summed E-state index contributed by atoms with van der Waals surface area (Å²) in [5.74, 6) is 1.42. The fraction of sp³-hybridized carbons (Fsp3) is 0.923. The molecule has 0 radical (unpaired) electrons. The van der Waals surface area contributed by atoms with E-state index in [1.54, 1.807) is 0 Å². The molecule has 0 aromatic carbocycles. The molecule has 3 heteroatoms. The average Bonchev–Trinajstić information content (AvgIpc) is 2.24. The van der Waals surface area contributed by atoms with E-state index in [4.69, 9.17) is 0 Å². The van der Waals surface area contributed by atoms with Gasteiger partial charge in [-0.2, -0.15) is 0 Å². The molecule has 16 heavy (non-hydrogen) atoms. The van der Waals surface area contributed by atoms with Crippen LogP contribution in [0.15, 0.2) is 0 Å². The molecule has 0 bridgehead atoms. The minimum atomic E-state index is -0.472. The van der Waals surface area contributed by atoms with Crippen molar-refractivity contribution in [1.82, 2.24) is 10.6 Å². The minimum Gasteiger partial charge on any atom is -0.352 e. The molecule has 0 aromatic heterocycles. The maximum atomic E-state index is 12.0. The summed E-state index contributed by atoms with van der Waals surface area (Å²) < 4.78 is 0. The summed E-state index contributed by atoms with van der Waals surface area (Å²) >= 11 is 0. The van der Waals surface area contributed by atoms with Crippen LogP contribution < -0.4 is 10.6 Å². The number of likely N-dealkylation sites (N-methyl/N-ethyl adjacent to an activating group) is 1. The first-order chi connectivity index (χ1) is 7.38. The normalized spacial score (nSPS) is 31.2. The average molecular weight is 226 g/mol. The summed E-state index contributed by atoms with van der Waals surface area (Å²) in [5, 5.41) is 6.23. The van der Waals surface area contributed by atoms with Gasteiger partial charge in [-0.3, -0.25) is 4.79 Å². The van der Waals surface area contributed by atoms with E-state index in [1.165, 1.54) is 12.8 Å². The van der Waals surface area contributed by atoms with Crippen molar-refractivity contribution in [2.75, 3.05) is 7.05 Å². The number of hydrogen-bond acceptors (Lipinski definition) is 2. The van der Waals surface area contributed by atoms with Crippen molar-refractivity contribution in [3.63, 3.8) is 0 Å². The first kappa shape index (κ1) is 13.5. The zero-order valence-electron chi connectivity index (χ0n) is 11.3. The van der Waals surface area contributed by atoms with Gasteiger partial charge < -0.3 is 10.6 Å². The molecule has 0 spiro atoms. The molecule has 0 heterocycles. The molecule has 0 saturated heterocycles. The fourth-order valence-corrected chi connectivity index (χ4v) is 2.25. The Morgan fingerprint density at radius 1 is 1.25 bits per heavy atom. The Hall–Kier alpha value is -0.570. The van der Waals surface area contributed by atoms with Crippen LogP contribution in [0.25, 0.3) is 0 Å². The highest BCUT2D eigenvalue weighted by Gasteiger charge is 2.32. The monoisotopic (exact) mass is 226 g/mol. The Labute approximate surface area is 99.4 Å². The Bertz CT molecular complexity index is 250. The lowest BCUT2D eigenvalue weighted by atomic mass is 9.78. The van der Waals surface area contributed by atoms with Crippen molar-refractivity contribution >= 4 is 5.91 Å². The second-order valence-corrected chi connectivity index (χ2v) is 5.72. The van der Waals surface area contributed by atoms with E-state index in [-0.39, 0.29) is 5.91 Å². The summed E-state index contributed by atoms with van der Waals surface area (Å²) in [6.07, 6.45) is 3.65. The second-order valence-electron chi connectivity index (χ2n) is 5.72. The van der Waals surface area contributed by atoms with Crippen LogP contribution in [0.3, 0.4) is 0 Å². The molecule has 3 unspecified atom stereocenters. The molecule has 1 amide bonds. The fourth-order valence-electron chi connectivity index (χ4n) is 2.25. The van der Waals surface area contributed by atoms with E-state index in [0.717, 1.165) is 12.3 Å². The summed E-state index contributed by atoms with van der Waals surface area (Å²) in [4.78, 5) is 12.0. The standard InChI is InChI=1S/C13H26N2O/c1-9-7-6-8-11(10(9)2)15-12(16)13(3,4)14-5/h9-11,14H,6-8H2,1-5H3,(H,15,16). The summed E-state index contributed by atoms with van der Waals surface area (Å²) in [6.45, 7) is 8.37. The molecule has 1 rings (SSSR count). The summed E-state index contributed by atoms with van der Waals surface area (Å²) in [7, 11) is 1.83. The van der Waals surface area contributed by atoms with Crippen LogP contribution >= 0.6 is 0 Å². The summed E-state index contributed by atoms with van der Waals surface area (Å²) in [6, 6.07) is 0.351. The van der Waals surface area contributed by atoms with Crippen molar-refractivity contribution in [3.05, 3.63) is 0 Å². The molecule has 0 aliphatic heterocycles. The van der Waals surface area contributed by atoms with Gasteiger partial charge in [-0.05, 0) is 39.2 Å². The third-order valence-corrected chi connectivity index (χ3v) is 4.22. The highest BCUT2D eigenvalue weighted by molar-refractivity contribution is 5.85.